The van der Waals surface area contributed by atoms with E-state index in [2.05, 4.69) is 0 Å². The number of hydrogen-bond donors (Lipinski definition) is 2. The largest absolute Gasteiger partial charge is 0.501 e. The molecular formula is C20H22FN3O5. The lowest BCUT2D eigenvalue weighted by atomic mass is 9.92. The Balaban J connectivity index is 1.71. The van der Waals surface area contributed by atoms with E-state index in [1.54, 1.807) is 12.1 Å². The Bertz CT molecular complexity index is 1060. The molecule has 2 atom stereocenters. The lowest BCUT2D eigenvalue weighted by Gasteiger charge is -2.33. The Kier molecular flexibility index (Phi) is 4.99. The molecule has 1 aliphatic heterocycles. The van der Waals surface area contributed by atoms with Gasteiger partial charge in [0, 0.05) is 19.6 Å². The fourth-order valence-electron chi connectivity index (χ4n) is 4.20. The first-order valence-corrected chi connectivity index (χ1v) is 9.68. The normalized spacial score (nSPS) is 21.9. The van der Waals surface area contributed by atoms with E-state index in [1.165, 1.54) is 17.0 Å². The van der Waals surface area contributed by atoms with Crippen molar-refractivity contribution in [2.24, 2.45) is 0 Å². The van der Waals surface area contributed by atoms with Crippen LogP contribution in [-0.2, 0) is 13.1 Å². The van der Waals surface area contributed by atoms with E-state index in [0.717, 1.165) is 22.0 Å². The summed E-state index contributed by atoms with van der Waals surface area (Å²) in [6, 6.07) is 4.96. The molecule has 154 valence electrons. The molecule has 0 saturated heterocycles. The fraction of sp³-hybridized carbons (Fsp3) is 0.450. The molecule has 4 rings (SSSR count). The minimum absolute atomic E-state index is 0.109. The van der Waals surface area contributed by atoms with Crippen molar-refractivity contribution in [2.75, 3.05) is 6.54 Å². The van der Waals surface area contributed by atoms with Crippen LogP contribution < -0.4 is 11.2 Å². The van der Waals surface area contributed by atoms with E-state index in [1.807, 2.05) is 0 Å². The van der Waals surface area contributed by atoms with Crippen molar-refractivity contribution < 1.29 is 19.4 Å². The van der Waals surface area contributed by atoms with Gasteiger partial charge in [-0.15, -0.1) is 0 Å². The Hall–Kier alpha value is -2.94. The summed E-state index contributed by atoms with van der Waals surface area (Å²) in [5.41, 5.74) is -1.30. The Labute approximate surface area is 165 Å². The van der Waals surface area contributed by atoms with Crippen LogP contribution in [0.25, 0.3) is 0 Å². The number of aromatic hydroxyl groups is 1. The van der Waals surface area contributed by atoms with E-state index >= 15 is 0 Å². The molecule has 0 bridgehead atoms. The Morgan fingerprint density at radius 1 is 1.03 bits per heavy atom. The van der Waals surface area contributed by atoms with Crippen molar-refractivity contribution in [3.8, 4) is 5.75 Å². The number of carbonyl (C=O) groups is 1. The molecule has 0 unspecified atom stereocenters. The number of amides is 1. The molecule has 2 aromatic rings. The second-order valence-corrected chi connectivity index (χ2v) is 7.58. The zero-order chi connectivity index (χ0) is 20.7. The van der Waals surface area contributed by atoms with Crippen LogP contribution in [0.5, 0.6) is 5.75 Å². The number of aromatic nitrogens is 2. The minimum Gasteiger partial charge on any atom is -0.501 e. The first-order valence-electron chi connectivity index (χ1n) is 9.68. The van der Waals surface area contributed by atoms with Gasteiger partial charge in [-0.1, -0.05) is 25.0 Å². The monoisotopic (exact) mass is 403 g/mol. The highest BCUT2D eigenvalue weighted by Gasteiger charge is 2.35. The van der Waals surface area contributed by atoms with Crippen molar-refractivity contribution in [1.82, 2.24) is 14.0 Å². The standard InChI is InChI=1S/C20H22FN3O5/c21-13-7-5-12(6-8-13)11-22-9-10-23-16(18(22)27)17(26)19(28)24(20(23)29)14-3-1-2-4-15(14)25/h5-8,14-15,25-26H,1-4,9-11H2/t14-,15-/m1/s1. The zero-order valence-electron chi connectivity index (χ0n) is 15.8. The second kappa shape index (κ2) is 7.47. The van der Waals surface area contributed by atoms with Crippen LogP contribution in [0.15, 0.2) is 33.9 Å². The summed E-state index contributed by atoms with van der Waals surface area (Å²) < 4.78 is 15.1. The maximum absolute atomic E-state index is 13.1. The molecule has 2 heterocycles. The number of aliphatic hydroxyl groups is 1. The summed E-state index contributed by atoms with van der Waals surface area (Å²) in [6.07, 6.45) is 1.66. The summed E-state index contributed by atoms with van der Waals surface area (Å²) >= 11 is 0. The van der Waals surface area contributed by atoms with Gasteiger partial charge in [0.2, 0.25) is 5.75 Å². The zero-order valence-corrected chi connectivity index (χ0v) is 15.8. The van der Waals surface area contributed by atoms with E-state index in [0.29, 0.717) is 18.4 Å². The third-order valence-corrected chi connectivity index (χ3v) is 5.75. The first kappa shape index (κ1) is 19.4. The summed E-state index contributed by atoms with van der Waals surface area (Å²) in [7, 11) is 0. The Morgan fingerprint density at radius 2 is 1.72 bits per heavy atom. The van der Waals surface area contributed by atoms with Crippen molar-refractivity contribution in [3.05, 3.63) is 62.2 Å². The van der Waals surface area contributed by atoms with Crippen molar-refractivity contribution in [3.63, 3.8) is 0 Å². The molecule has 2 N–H and O–H groups in total. The van der Waals surface area contributed by atoms with E-state index in [-0.39, 0.29) is 25.3 Å². The van der Waals surface area contributed by atoms with Gasteiger partial charge in [0.1, 0.15) is 5.82 Å². The van der Waals surface area contributed by atoms with Crippen LogP contribution in [0.3, 0.4) is 0 Å². The van der Waals surface area contributed by atoms with Crippen LogP contribution in [0, 0.1) is 5.82 Å². The van der Waals surface area contributed by atoms with Gasteiger partial charge in [-0.2, -0.15) is 0 Å². The molecule has 29 heavy (non-hydrogen) atoms. The highest BCUT2D eigenvalue weighted by Crippen LogP contribution is 2.28. The van der Waals surface area contributed by atoms with E-state index in [4.69, 9.17) is 0 Å². The average Bonchev–Trinajstić information content (AvgIpc) is 2.71. The van der Waals surface area contributed by atoms with E-state index < -0.39 is 40.9 Å². The maximum atomic E-state index is 13.1. The third-order valence-electron chi connectivity index (χ3n) is 5.75. The number of aliphatic hydroxyl groups excluding tert-OH is 1. The molecule has 1 saturated carbocycles. The van der Waals surface area contributed by atoms with Crippen molar-refractivity contribution >= 4 is 5.91 Å². The number of rotatable bonds is 3. The number of fused-ring (bicyclic) bond motifs is 1. The Morgan fingerprint density at radius 3 is 2.41 bits per heavy atom. The van der Waals surface area contributed by atoms with E-state index in [9.17, 15) is 29.0 Å². The fourth-order valence-corrected chi connectivity index (χ4v) is 4.20. The quantitative estimate of drug-likeness (QED) is 0.795. The molecule has 8 nitrogen and oxygen atoms in total. The molecule has 1 fully saturated rings. The number of benzene rings is 1. The molecule has 0 spiro atoms. The summed E-state index contributed by atoms with van der Waals surface area (Å²) in [5, 5.41) is 20.7. The molecule has 9 heteroatoms. The highest BCUT2D eigenvalue weighted by molar-refractivity contribution is 5.95. The number of halogens is 1. The van der Waals surface area contributed by atoms with Gasteiger partial charge in [-0.05, 0) is 30.5 Å². The lowest BCUT2D eigenvalue weighted by Crippen LogP contribution is -2.52. The second-order valence-electron chi connectivity index (χ2n) is 7.58. The van der Waals surface area contributed by atoms with Crippen molar-refractivity contribution in [1.29, 1.82) is 0 Å². The molecule has 1 amide bonds. The van der Waals surface area contributed by atoms with Gasteiger partial charge in [0.25, 0.3) is 11.5 Å². The van der Waals surface area contributed by atoms with Gasteiger partial charge < -0.3 is 15.1 Å². The van der Waals surface area contributed by atoms with Gasteiger partial charge in [-0.25, -0.2) is 9.18 Å². The number of nitrogens with zero attached hydrogens (tertiary/aromatic N) is 3. The highest BCUT2D eigenvalue weighted by atomic mass is 19.1. The molecule has 0 radical (unpaired) electrons. The van der Waals surface area contributed by atoms with Crippen molar-refractivity contribution in [2.45, 2.75) is 50.9 Å². The van der Waals surface area contributed by atoms with Gasteiger partial charge in [-0.3, -0.25) is 18.7 Å². The van der Waals surface area contributed by atoms with Crippen LogP contribution >= 0.6 is 0 Å². The molecule has 1 aromatic heterocycles. The number of carbonyl (C=O) groups excluding carboxylic acids is 1. The lowest BCUT2D eigenvalue weighted by molar-refractivity contribution is 0.0634. The van der Waals surface area contributed by atoms with Crippen LogP contribution in [0.4, 0.5) is 4.39 Å². The topological polar surface area (TPSA) is 105 Å². The SMILES string of the molecule is O=C1c2c(O)c(=O)n([C@@H]3CCCC[C@H]3O)c(=O)n2CCN1Cc1ccc(F)cc1. The average molecular weight is 403 g/mol. The number of hydrogen-bond acceptors (Lipinski definition) is 5. The molecule has 1 aliphatic carbocycles. The predicted octanol–water partition coefficient (Wildman–Crippen LogP) is 0.987. The van der Waals surface area contributed by atoms with Gasteiger partial charge in [0.05, 0.1) is 12.1 Å². The summed E-state index contributed by atoms with van der Waals surface area (Å²) in [6.45, 7) is 0.475. The first-order chi connectivity index (χ1) is 13.9. The molecular weight excluding hydrogens is 381 g/mol. The molecule has 1 aromatic carbocycles. The van der Waals surface area contributed by atoms with Gasteiger partial charge in [0.15, 0.2) is 5.69 Å². The minimum atomic E-state index is -0.954. The predicted molar refractivity (Wildman–Crippen MR) is 101 cm³/mol. The van der Waals surface area contributed by atoms with Gasteiger partial charge >= 0.3 is 5.69 Å². The maximum Gasteiger partial charge on any atom is 0.332 e. The van der Waals surface area contributed by atoms with Crippen LogP contribution in [-0.4, -0.2) is 42.8 Å². The van der Waals surface area contributed by atoms with Crippen LogP contribution in [0.1, 0.15) is 47.8 Å². The van der Waals surface area contributed by atoms with Crippen LogP contribution in [0.2, 0.25) is 0 Å². The smallest absolute Gasteiger partial charge is 0.332 e. The molecule has 2 aliphatic rings. The third kappa shape index (κ3) is 3.35. The summed E-state index contributed by atoms with van der Waals surface area (Å²) in [4.78, 5) is 40.0. The summed E-state index contributed by atoms with van der Waals surface area (Å²) in [5.74, 6) is -1.81.